The van der Waals surface area contributed by atoms with Crippen molar-refractivity contribution >= 4 is 87.5 Å². The summed E-state index contributed by atoms with van der Waals surface area (Å²) in [7, 11) is 0. The third-order valence-corrected chi connectivity index (χ3v) is 15.2. The lowest BCUT2D eigenvalue weighted by Gasteiger charge is -2.10. The van der Waals surface area contributed by atoms with Crippen LogP contribution in [-0.4, -0.2) is 24.1 Å². The molecule has 7 heteroatoms. The number of benzene rings is 11. The number of nitrogens with zero attached hydrogens (tertiary/aromatic N) is 5. The standard InChI is InChI=1S/C69H41N5O2/c1-4-16-42(17-5-1)67-70-68(51-24-14-28-63-65(51)55-40-45(32-36-61(55)75-63)43-30-34-59-53(38-43)49-22-10-12-26-57(49)73(59)47-18-6-2-7-19-47)72-69(71-67)52-25-15-29-64-66(52)56-41-46(33-37-62(56)76-64)44-31-35-60-54(39-44)50-23-11-13-27-58(50)74(60)48-20-8-3-9-21-48/h1-41H. The Bertz CT molecular complexity index is 4700. The van der Waals surface area contributed by atoms with Gasteiger partial charge in [-0.25, -0.2) is 15.0 Å². The van der Waals surface area contributed by atoms with E-state index in [1.165, 1.54) is 32.6 Å². The van der Waals surface area contributed by atoms with Crippen LogP contribution in [0.2, 0.25) is 0 Å². The summed E-state index contributed by atoms with van der Waals surface area (Å²) in [6, 6.07) is 87.4. The Labute approximate surface area is 434 Å². The summed E-state index contributed by atoms with van der Waals surface area (Å²) in [6.07, 6.45) is 0. The minimum atomic E-state index is 0.547. The molecule has 0 fully saturated rings. The molecule has 0 radical (unpaired) electrons. The van der Waals surface area contributed by atoms with Crippen LogP contribution in [-0.2, 0) is 0 Å². The Morgan fingerprint density at radius 3 is 1.11 bits per heavy atom. The first-order valence-electron chi connectivity index (χ1n) is 25.6. The van der Waals surface area contributed by atoms with E-state index in [1.807, 2.05) is 54.6 Å². The van der Waals surface area contributed by atoms with Gasteiger partial charge in [-0.15, -0.1) is 0 Å². The smallest absolute Gasteiger partial charge is 0.164 e. The fourth-order valence-corrected chi connectivity index (χ4v) is 11.7. The van der Waals surface area contributed by atoms with Crippen molar-refractivity contribution in [3.63, 3.8) is 0 Å². The quantitative estimate of drug-likeness (QED) is 0.159. The van der Waals surface area contributed by atoms with Gasteiger partial charge >= 0.3 is 0 Å². The second-order valence-electron chi connectivity index (χ2n) is 19.5. The molecule has 0 atom stereocenters. The number of hydrogen-bond donors (Lipinski definition) is 0. The first-order chi connectivity index (χ1) is 37.7. The topological polar surface area (TPSA) is 74.8 Å². The second-order valence-corrected chi connectivity index (χ2v) is 19.5. The molecule has 0 amide bonds. The normalized spacial score (nSPS) is 11.9. The highest BCUT2D eigenvalue weighted by molar-refractivity contribution is 6.16. The van der Waals surface area contributed by atoms with E-state index in [0.29, 0.717) is 17.5 Å². The van der Waals surface area contributed by atoms with Gasteiger partial charge in [0.15, 0.2) is 17.5 Å². The fraction of sp³-hybridized carbons (Fsp3) is 0. The maximum atomic E-state index is 6.64. The van der Waals surface area contributed by atoms with Crippen LogP contribution in [0, 0.1) is 0 Å². The van der Waals surface area contributed by atoms with E-state index in [1.54, 1.807) is 0 Å². The predicted octanol–water partition coefficient (Wildman–Crippen LogP) is 18.2. The fourth-order valence-electron chi connectivity index (χ4n) is 11.7. The number of rotatable bonds is 7. The van der Waals surface area contributed by atoms with Gasteiger partial charge in [-0.1, -0.05) is 152 Å². The molecule has 354 valence electrons. The summed E-state index contributed by atoms with van der Waals surface area (Å²) < 4.78 is 18.0. The Balaban J connectivity index is 0.850. The zero-order valence-corrected chi connectivity index (χ0v) is 40.7. The van der Waals surface area contributed by atoms with Crippen LogP contribution in [0.3, 0.4) is 0 Å². The highest BCUT2D eigenvalue weighted by atomic mass is 16.3. The molecule has 0 aliphatic heterocycles. The van der Waals surface area contributed by atoms with Crippen LogP contribution in [0.1, 0.15) is 0 Å². The van der Waals surface area contributed by atoms with Crippen molar-refractivity contribution in [1.29, 1.82) is 0 Å². The van der Waals surface area contributed by atoms with Gasteiger partial charge in [-0.2, -0.15) is 0 Å². The van der Waals surface area contributed by atoms with Crippen LogP contribution in [0.4, 0.5) is 0 Å². The summed E-state index contributed by atoms with van der Waals surface area (Å²) in [5.74, 6) is 1.67. The van der Waals surface area contributed by atoms with Crippen LogP contribution in [0.5, 0.6) is 0 Å². The van der Waals surface area contributed by atoms with Gasteiger partial charge in [-0.3, -0.25) is 0 Å². The van der Waals surface area contributed by atoms with Crippen LogP contribution >= 0.6 is 0 Å². The first-order valence-corrected chi connectivity index (χ1v) is 25.6. The van der Waals surface area contributed by atoms with Crippen molar-refractivity contribution in [2.45, 2.75) is 0 Å². The van der Waals surface area contributed by atoms with E-state index in [0.717, 1.165) is 105 Å². The highest BCUT2D eigenvalue weighted by Gasteiger charge is 2.22. The second kappa shape index (κ2) is 16.6. The molecular formula is C69H41N5O2. The summed E-state index contributed by atoms with van der Waals surface area (Å²) in [6.45, 7) is 0. The maximum Gasteiger partial charge on any atom is 0.164 e. The third kappa shape index (κ3) is 6.52. The Kier molecular flexibility index (Phi) is 9.20. The molecule has 5 aromatic heterocycles. The maximum absolute atomic E-state index is 6.64. The average Bonchev–Trinajstić information content (AvgIpc) is 4.30. The molecule has 0 N–H and O–H groups in total. The SMILES string of the molecule is c1ccc(-c2nc(-c3cccc4oc5ccc(-c6ccc7c(c6)c6ccccc6n7-c6ccccc6)cc5c34)nc(-c3cccc4oc5ccc(-c6ccc7c(c6)c6ccccc6n7-c6ccccc6)cc5c34)n2)cc1. The molecule has 16 rings (SSSR count). The molecule has 0 aliphatic carbocycles. The molecule has 0 aliphatic rings. The van der Waals surface area contributed by atoms with Crippen LogP contribution in [0.15, 0.2) is 258 Å². The van der Waals surface area contributed by atoms with Gasteiger partial charge in [-0.05, 0) is 119 Å². The van der Waals surface area contributed by atoms with Crippen molar-refractivity contribution in [3.05, 3.63) is 249 Å². The first kappa shape index (κ1) is 42.2. The molecule has 0 saturated carbocycles. The van der Waals surface area contributed by atoms with E-state index in [9.17, 15) is 0 Å². The molecular weight excluding hydrogens is 931 g/mol. The minimum Gasteiger partial charge on any atom is -0.456 e. The van der Waals surface area contributed by atoms with E-state index in [2.05, 4.69) is 203 Å². The van der Waals surface area contributed by atoms with Crippen molar-refractivity contribution in [2.75, 3.05) is 0 Å². The molecule has 0 unspecified atom stereocenters. The highest BCUT2D eigenvalue weighted by Crippen LogP contribution is 2.43. The summed E-state index contributed by atoms with van der Waals surface area (Å²) in [5.41, 5.74) is 17.0. The van der Waals surface area contributed by atoms with Gasteiger partial charge in [0.2, 0.25) is 0 Å². The Hall–Kier alpha value is -10.4. The Morgan fingerprint density at radius 1 is 0.250 bits per heavy atom. The predicted molar refractivity (Wildman–Crippen MR) is 310 cm³/mol. The van der Waals surface area contributed by atoms with Gasteiger partial charge < -0.3 is 18.0 Å². The largest absolute Gasteiger partial charge is 0.456 e. The monoisotopic (exact) mass is 971 g/mol. The Morgan fingerprint density at radius 2 is 0.632 bits per heavy atom. The molecule has 5 heterocycles. The number of para-hydroxylation sites is 4. The molecule has 0 saturated heterocycles. The number of fused-ring (bicyclic) bond motifs is 12. The zero-order chi connectivity index (χ0) is 49.8. The van der Waals surface area contributed by atoms with E-state index in [-0.39, 0.29) is 0 Å². The van der Waals surface area contributed by atoms with Crippen molar-refractivity contribution < 1.29 is 8.83 Å². The van der Waals surface area contributed by atoms with Gasteiger partial charge in [0.1, 0.15) is 22.3 Å². The molecule has 76 heavy (non-hydrogen) atoms. The van der Waals surface area contributed by atoms with Crippen LogP contribution in [0.25, 0.3) is 155 Å². The molecule has 11 aromatic carbocycles. The molecule has 16 aromatic rings. The summed E-state index contributed by atoms with van der Waals surface area (Å²) >= 11 is 0. The van der Waals surface area contributed by atoms with E-state index in [4.69, 9.17) is 23.8 Å². The molecule has 7 nitrogen and oxygen atoms in total. The number of hydrogen-bond acceptors (Lipinski definition) is 5. The van der Waals surface area contributed by atoms with Crippen molar-refractivity contribution in [3.8, 4) is 67.8 Å². The lowest BCUT2D eigenvalue weighted by molar-refractivity contribution is 0.668. The average molecular weight is 972 g/mol. The van der Waals surface area contributed by atoms with Crippen molar-refractivity contribution in [2.24, 2.45) is 0 Å². The number of furan rings is 2. The number of aromatic nitrogens is 5. The van der Waals surface area contributed by atoms with E-state index >= 15 is 0 Å². The minimum absolute atomic E-state index is 0.547. The molecule has 0 spiro atoms. The lowest BCUT2D eigenvalue weighted by Crippen LogP contribution is -2.00. The van der Waals surface area contributed by atoms with Crippen LogP contribution < -0.4 is 0 Å². The summed E-state index contributed by atoms with van der Waals surface area (Å²) in [4.78, 5) is 15.9. The molecule has 0 bridgehead atoms. The van der Waals surface area contributed by atoms with E-state index < -0.39 is 0 Å². The van der Waals surface area contributed by atoms with Crippen molar-refractivity contribution in [1.82, 2.24) is 24.1 Å². The zero-order valence-electron chi connectivity index (χ0n) is 40.7. The third-order valence-electron chi connectivity index (χ3n) is 15.2. The summed E-state index contributed by atoms with van der Waals surface area (Å²) in [5, 5.41) is 8.66. The van der Waals surface area contributed by atoms with Gasteiger partial charge in [0, 0.05) is 71.2 Å². The lowest BCUT2D eigenvalue weighted by atomic mass is 9.98. The van der Waals surface area contributed by atoms with Gasteiger partial charge in [0.05, 0.1) is 22.1 Å². The van der Waals surface area contributed by atoms with Gasteiger partial charge in [0.25, 0.3) is 0 Å².